The van der Waals surface area contributed by atoms with E-state index >= 15 is 0 Å². The van der Waals surface area contributed by atoms with E-state index in [9.17, 15) is 9.59 Å². The van der Waals surface area contributed by atoms with E-state index in [2.05, 4.69) is 39.0 Å². The number of methoxy groups -OCH3 is 2. The molecule has 4 aromatic carbocycles. The van der Waals surface area contributed by atoms with Gasteiger partial charge in [0.25, 0.3) is 0 Å². The molecule has 2 amide bonds. The lowest BCUT2D eigenvalue weighted by molar-refractivity contribution is 0.170. The first-order valence-corrected chi connectivity index (χ1v) is 16.5. The van der Waals surface area contributed by atoms with Gasteiger partial charge in [-0.15, -0.1) is 0 Å². The summed E-state index contributed by atoms with van der Waals surface area (Å²) < 4.78 is 23.4. The van der Waals surface area contributed by atoms with E-state index in [4.69, 9.17) is 18.9 Å². The second-order valence-corrected chi connectivity index (χ2v) is 12.4. The van der Waals surface area contributed by atoms with Crippen LogP contribution in [0.1, 0.15) is 64.0 Å². The quantitative estimate of drug-likeness (QED) is 0.0940. The van der Waals surface area contributed by atoms with Gasteiger partial charge in [-0.3, -0.25) is 0 Å². The molecule has 4 aromatic rings. The molecule has 8 nitrogen and oxygen atoms in total. The zero-order valence-corrected chi connectivity index (χ0v) is 29.0. The summed E-state index contributed by atoms with van der Waals surface area (Å²) in [5.41, 5.74) is 4.72. The second kappa shape index (κ2) is 17.3. The number of hydrogen-bond acceptors (Lipinski definition) is 6. The molecule has 0 aliphatic rings. The first-order valence-electron chi connectivity index (χ1n) is 16.5. The Morgan fingerprint density at radius 1 is 0.667 bits per heavy atom. The summed E-state index contributed by atoms with van der Waals surface area (Å²) in [6.07, 6.45) is 4.48. The van der Waals surface area contributed by atoms with Crippen LogP contribution in [-0.2, 0) is 14.9 Å². The highest BCUT2D eigenvalue weighted by molar-refractivity contribution is 5.88. The van der Waals surface area contributed by atoms with Crippen LogP contribution in [0.5, 0.6) is 11.5 Å². The van der Waals surface area contributed by atoms with Gasteiger partial charge >= 0.3 is 12.2 Å². The molecule has 0 bridgehead atoms. The van der Waals surface area contributed by atoms with Crippen LogP contribution in [0, 0.1) is 6.92 Å². The average Bonchev–Trinajstić information content (AvgIpc) is 3.10. The summed E-state index contributed by atoms with van der Waals surface area (Å²) in [5, 5.41) is 0. The highest BCUT2D eigenvalue weighted by atomic mass is 16.6. The molecule has 0 radical (unpaired) electrons. The molecule has 0 aromatic heterocycles. The molecule has 0 aliphatic heterocycles. The molecule has 0 heterocycles. The van der Waals surface area contributed by atoms with Crippen LogP contribution >= 0.6 is 0 Å². The van der Waals surface area contributed by atoms with Gasteiger partial charge in [0.2, 0.25) is 0 Å². The number of benzene rings is 4. The number of hydrogen-bond donors (Lipinski definition) is 0. The van der Waals surface area contributed by atoms with Crippen LogP contribution < -0.4 is 19.3 Å². The molecule has 0 atom stereocenters. The minimum Gasteiger partial charge on any atom is -0.472 e. The lowest BCUT2D eigenvalue weighted by Gasteiger charge is -2.30. The van der Waals surface area contributed by atoms with Crippen LogP contribution in [-0.4, -0.2) is 39.9 Å². The lowest BCUT2D eigenvalue weighted by Crippen LogP contribution is -2.35. The van der Waals surface area contributed by atoms with Crippen molar-refractivity contribution in [2.45, 2.75) is 65.2 Å². The van der Waals surface area contributed by atoms with Crippen molar-refractivity contribution in [2.24, 2.45) is 0 Å². The van der Waals surface area contributed by atoms with Crippen LogP contribution in [0.15, 0.2) is 97.1 Å². The van der Waals surface area contributed by atoms with Gasteiger partial charge < -0.3 is 18.9 Å². The SMILES string of the molecule is CCCCCCC(C)(C)c1cc(OCN(C(=O)OC)c2ccccc2)c(-c2cccc(C)c2)c(OCN(C(=O)OC)c2ccccc2)c1. The van der Waals surface area contributed by atoms with Crippen LogP contribution in [0.2, 0.25) is 0 Å². The lowest BCUT2D eigenvalue weighted by atomic mass is 9.79. The van der Waals surface area contributed by atoms with Gasteiger partial charge in [0.15, 0.2) is 13.5 Å². The molecule has 0 N–H and O–H groups in total. The number of unbranched alkanes of at least 4 members (excludes halogenated alkanes) is 3. The van der Waals surface area contributed by atoms with Crippen LogP contribution in [0.4, 0.5) is 21.0 Å². The fourth-order valence-electron chi connectivity index (χ4n) is 5.60. The normalized spacial score (nSPS) is 11.0. The molecule has 0 aliphatic carbocycles. The standard InChI is InChI=1S/C40H48N2O6/c1-7-8-9-16-24-40(3,4)32-26-35(47-28-41(38(43)45-5)33-20-12-10-13-21-33)37(31-19-17-18-30(2)25-31)36(27-32)48-29-42(39(44)46-6)34-22-14-11-15-23-34/h10-15,17-23,25-27H,7-9,16,24,28-29H2,1-6H3. The van der Waals surface area contributed by atoms with Crippen molar-refractivity contribution in [3.63, 3.8) is 0 Å². The largest absolute Gasteiger partial charge is 0.472 e. The minimum absolute atomic E-state index is 0.104. The maximum Gasteiger partial charge on any atom is 0.416 e. The molecule has 48 heavy (non-hydrogen) atoms. The van der Waals surface area contributed by atoms with E-state index in [-0.39, 0.29) is 18.9 Å². The van der Waals surface area contributed by atoms with E-state index < -0.39 is 12.2 Å². The van der Waals surface area contributed by atoms with E-state index in [0.29, 0.717) is 28.4 Å². The van der Waals surface area contributed by atoms with Crippen LogP contribution in [0.3, 0.4) is 0 Å². The molecule has 0 spiro atoms. The number of carbonyl (C=O) groups is 2. The zero-order valence-electron chi connectivity index (χ0n) is 29.0. The van der Waals surface area contributed by atoms with Gasteiger partial charge in [0.05, 0.1) is 31.2 Å². The number of carbonyl (C=O) groups excluding carboxylic acids is 2. The van der Waals surface area contributed by atoms with Crippen molar-refractivity contribution in [2.75, 3.05) is 37.5 Å². The predicted molar refractivity (Wildman–Crippen MR) is 192 cm³/mol. The molecule has 4 rings (SSSR count). The summed E-state index contributed by atoms with van der Waals surface area (Å²) in [7, 11) is 2.70. The van der Waals surface area contributed by atoms with E-state index in [1.165, 1.54) is 30.4 Å². The van der Waals surface area contributed by atoms with Gasteiger partial charge in [0.1, 0.15) is 11.5 Å². The zero-order chi connectivity index (χ0) is 34.5. The highest BCUT2D eigenvalue weighted by Crippen LogP contribution is 2.44. The Hall–Kier alpha value is -4.98. The van der Waals surface area contributed by atoms with E-state index in [0.717, 1.165) is 42.4 Å². The molecule has 0 fully saturated rings. The first-order chi connectivity index (χ1) is 23.2. The van der Waals surface area contributed by atoms with Crippen molar-refractivity contribution >= 4 is 23.6 Å². The molecule has 8 heteroatoms. The Bertz CT molecular complexity index is 1540. The monoisotopic (exact) mass is 652 g/mol. The summed E-state index contributed by atoms with van der Waals surface area (Å²) in [5.74, 6) is 1.09. The smallest absolute Gasteiger partial charge is 0.416 e. The Morgan fingerprint density at radius 3 is 1.65 bits per heavy atom. The molecule has 254 valence electrons. The number of anilines is 2. The first kappa shape index (κ1) is 35.9. The third-order valence-corrected chi connectivity index (χ3v) is 8.43. The number of aryl methyl sites for hydroxylation is 1. The Morgan fingerprint density at radius 2 is 1.19 bits per heavy atom. The minimum atomic E-state index is -0.543. The number of nitrogens with zero attached hydrogens (tertiary/aromatic N) is 2. The Labute approximate surface area is 285 Å². The third kappa shape index (κ3) is 9.31. The number of rotatable bonds is 15. The van der Waals surface area contributed by atoms with E-state index in [1.807, 2.05) is 85.8 Å². The fourth-order valence-corrected chi connectivity index (χ4v) is 5.60. The topological polar surface area (TPSA) is 77.5 Å². The molecule has 0 saturated heterocycles. The Balaban J connectivity index is 1.84. The average molecular weight is 653 g/mol. The van der Waals surface area contributed by atoms with E-state index in [1.54, 1.807) is 0 Å². The summed E-state index contributed by atoms with van der Waals surface area (Å²) in [4.78, 5) is 28.8. The maximum absolute atomic E-state index is 13.0. The summed E-state index contributed by atoms with van der Waals surface area (Å²) >= 11 is 0. The van der Waals surface area contributed by atoms with Crippen molar-refractivity contribution < 1.29 is 28.5 Å². The Kier molecular flexibility index (Phi) is 12.9. The molecule has 0 saturated carbocycles. The predicted octanol–water partition coefficient (Wildman–Crippen LogP) is 10.1. The van der Waals surface area contributed by atoms with Crippen molar-refractivity contribution in [3.05, 3.63) is 108 Å². The van der Waals surface area contributed by atoms with Crippen molar-refractivity contribution in [1.29, 1.82) is 0 Å². The number of ether oxygens (including phenoxy) is 4. The van der Waals surface area contributed by atoms with Gasteiger partial charge in [-0.05, 0) is 66.3 Å². The van der Waals surface area contributed by atoms with Crippen molar-refractivity contribution in [3.8, 4) is 22.6 Å². The van der Waals surface area contributed by atoms with Gasteiger partial charge in [-0.1, -0.05) is 113 Å². The molecular weight excluding hydrogens is 604 g/mol. The van der Waals surface area contributed by atoms with Crippen molar-refractivity contribution in [1.82, 2.24) is 0 Å². The van der Waals surface area contributed by atoms with Gasteiger partial charge in [0, 0.05) is 0 Å². The molecular formula is C40H48N2O6. The molecule has 0 unspecified atom stereocenters. The highest BCUT2D eigenvalue weighted by Gasteiger charge is 2.27. The van der Waals surface area contributed by atoms with Crippen LogP contribution in [0.25, 0.3) is 11.1 Å². The third-order valence-electron chi connectivity index (χ3n) is 8.43. The number of amides is 2. The van der Waals surface area contributed by atoms with Gasteiger partial charge in [-0.2, -0.15) is 0 Å². The maximum atomic E-state index is 13.0. The number of para-hydroxylation sites is 2. The second-order valence-electron chi connectivity index (χ2n) is 12.4. The summed E-state index contributed by atoms with van der Waals surface area (Å²) in [6, 6.07) is 30.7. The fraction of sp³-hybridized carbons (Fsp3) is 0.350. The summed E-state index contributed by atoms with van der Waals surface area (Å²) in [6.45, 7) is 8.48. The van der Waals surface area contributed by atoms with Gasteiger partial charge in [-0.25, -0.2) is 19.4 Å².